The van der Waals surface area contributed by atoms with E-state index in [-0.39, 0.29) is 0 Å². The van der Waals surface area contributed by atoms with E-state index in [0.29, 0.717) is 17.2 Å². The fourth-order valence-corrected chi connectivity index (χ4v) is 2.30. The highest BCUT2D eigenvalue weighted by atomic mass is 32.2. The fourth-order valence-electron chi connectivity index (χ4n) is 1.44. The molecule has 5 heteroatoms. The molecule has 0 radical (unpaired) electrons. The summed E-state index contributed by atoms with van der Waals surface area (Å²) in [5, 5.41) is 3.21. The van der Waals surface area contributed by atoms with Crippen LogP contribution < -0.4 is 5.32 Å². The highest BCUT2D eigenvalue weighted by molar-refractivity contribution is 7.99. The largest absolute Gasteiger partial charge is 0.416 e. The Morgan fingerprint density at radius 3 is 2.74 bits per heavy atom. The molecule has 0 unspecified atom stereocenters. The first-order valence-corrected chi connectivity index (χ1v) is 7.09. The average Bonchev–Trinajstić information content (AvgIpc) is 2.36. The van der Waals surface area contributed by atoms with Crippen molar-refractivity contribution in [3.63, 3.8) is 0 Å². The van der Waals surface area contributed by atoms with Crippen molar-refractivity contribution in [2.24, 2.45) is 0 Å². The summed E-state index contributed by atoms with van der Waals surface area (Å²) in [5.74, 6) is 0.623. The molecule has 0 fully saturated rings. The summed E-state index contributed by atoms with van der Waals surface area (Å²) in [6, 6.07) is 5.38. The molecule has 0 aliphatic heterocycles. The van der Waals surface area contributed by atoms with Crippen LogP contribution in [-0.2, 0) is 6.18 Å². The molecule has 0 spiro atoms. The molecule has 0 atom stereocenters. The molecule has 0 saturated carbocycles. The average molecular weight is 289 g/mol. The summed E-state index contributed by atoms with van der Waals surface area (Å²) in [5.41, 5.74) is 0.378. The molecule has 1 rings (SSSR count). The lowest BCUT2D eigenvalue weighted by Crippen LogP contribution is -2.18. The van der Waals surface area contributed by atoms with Crippen molar-refractivity contribution in [3.05, 3.63) is 42.0 Å². The summed E-state index contributed by atoms with van der Waals surface area (Å²) in [7, 11) is 0. The highest BCUT2D eigenvalue weighted by Crippen LogP contribution is 2.32. The van der Waals surface area contributed by atoms with E-state index in [9.17, 15) is 13.2 Å². The van der Waals surface area contributed by atoms with Crippen LogP contribution in [0.2, 0.25) is 0 Å². The Bertz CT molecular complexity index is 415. The Kier molecular flexibility index (Phi) is 6.45. The Labute approximate surface area is 116 Å². The smallest absolute Gasteiger partial charge is 0.313 e. The second kappa shape index (κ2) is 7.60. The normalized spacial score (nSPS) is 11.6. The van der Waals surface area contributed by atoms with Crippen LogP contribution in [0.25, 0.3) is 0 Å². The van der Waals surface area contributed by atoms with Gasteiger partial charge in [-0.1, -0.05) is 25.1 Å². The van der Waals surface area contributed by atoms with Gasteiger partial charge in [-0.05, 0) is 31.2 Å². The molecule has 1 aromatic rings. The number of hydrogen-bond acceptors (Lipinski definition) is 2. The number of alkyl halides is 3. The zero-order valence-corrected chi connectivity index (χ0v) is 11.7. The van der Waals surface area contributed by atoms with Crippen molar-refractivity contribution in [1.82, 2.24) is 5.32 Å². The molecule has 0 amide bonds. The minimum atomic E-state index is -4.28. The van der Waals surface area contributed by atoms with E-state index in [1.165, 1.54) is 23.9 Å². The molecule has 0 aromatic heterocycles. The Morgan fingerprint density at radius 2 is 2.11 bits per heavy atom. The monoisotopic (exact) mass is 289 g/mol. The van der Waals surface area contributed by atoms with Crippen molar-refractivity contribution < 1.29 is 13.2 Å². The van der Waals surface area contributed by atoms with E-state index in [1.807, 2.05) is 0 Å². The van der Waals surface area contributed by atoms with Gasteiger partial charge in [0, 0.05) is 17.2 Å². The van der Waals surface area contributed by atoms with Gasteiger partial charge < -0.3 is 5.32 Å². The summed E-state index contributed by atoms with van der Waals surface area (Å²) >= 11 is 1.38. The zero-order chi connectivity index (χ0) is 14.3. The molecular formula is C14H18F3NS. The SMILES string of the molecule is C=C(CNCCC)CSc1cccc(C(F)(F)F)c1. The van der Waals surface area contributed by atoms with Gasteiger partial charge in [0.15, 0.2) is 0 Å². The first-order valence-electron chi connectivity index (χ1n) is 6.11. The fraction of sp³-hybridized carbons (Fsp3) is 0.429. The molecule has 1 N–H and O–H groups in total. The maximum Gasteiger partial charge on any atom is 0.416 e. The second-order valence-corrected chi connectivity index (χ2v) is 5.29. The molecular weight excluding hydrogens is 271 g/mol. The lowest BCUT2D eigenvalue weighted by Gasteiger charge is -2.09. The van der Waals surface area contributed by atoms with E-state index >= 15 is 0 Å². The van der Waals surface area contributed by atoms with Gasteiger partial charge in [0.2, 0.25) is 0 Å². The van der Waals surface area contributed by atoms with E-state index in [2.05, 4.69) is 18.8 Å². The van der Waals surface area contributed by atoms with Crippen molar-refractivity contribution in [2.45, 2.75) is 24.4 Å². The number of halogens is 3. The number of benzene rings is 1. The van der Waals surface area contributed by atoms with Crippen LogP contribution in [0.3, 0.4) is 0 Å². The van der Waals surface area contributed by atoms with Crippen molar-refractivity contribution in [3.8, 4) is 0 Å². The summed E-state index contributed by atoms with van der Waals surface area (Å²) in [6.07, 6.45) is -3.23. The summed E-state index contributed by atoms with van der Waals surface area (Å²) in [4.78, 5) is 0.617. The van der Waals surface area contributed by atoms with Crippen molar-refractivity contribution >= 4 is 11.8 Å². The summed E-state index contributed by atoms with van der Waals surface area (Å²) in [6.45, 7) is 7.62. The lowest BCUT2D eigenvalue weighted by molar-refractivity contribution is -0.137. The predicted octanol–water partition coefficient (Wildman–Crippen LogP) is 4.35. The quantitative estimate of drug-likeness (QED) is 0.455. The molecule has 0 heterocycles. The van der Waals surface area contributed by atoms with Crippen LogP contribution >= 0.6 is 11.8 Å². The van der Waals surface area contributed by atoms with Gasteiger partial charge in [-0.25, -0.2) is 0 Å². The third kappa shape index (κ3) is 6.16. The number of nitrogens with one attached hydrogen (secondary N) is 1. The van der Waals surface area contributed by atoms with Crippen LogP contribution in [0.5, 0.6) is 0 Å². The zero-order valence-electron chi connectivity index (χ0n) is 10.9. The number of hydrogen-bond donors (Lipinski definition) is 1. The minimum Gasteiger partial charge on any atom is -0.313 e. The first kappa shape index (κ1) is 16.1. The Balaban J connectivity index is 2.47. The standard InChI is InChI=1S/C14H18F3NS/c1-3-7-18-9-11(2)10-19-13-6-4-5-12(8-13)14(15,16)17/h4-6,8,18H,2-3,7,9-10H2,1H3. The second-order valence-electron chi connectivity index (χ2n) is 4.24. The van der Waals surface area contributed by atoms with E-state index < -0.39 is 11.7 Å². The van der Waals surface area contributed by atoms with Crippen LogP contribution in [0, 0.1) is 0 Å². The maximum atomic E-state index is 12.5. The van der Waals surface area contributed by atoms with Gasteiger partial charge in [0.05, 0.1) is 5.56 Å². The van der Waals surface area contributed by atoms with Gasteiger partial charge >= 0.3 is 6.18 Å². The molecule has 0 bridgehead atoms. The lowest BCUT2D eigenvalue weighted by atomic mass is 10.2. The van der Waals surface area contributed by atoms with Gasteiger partial charge in [-0.2, -0.15) is 13.2 Å². The van der Waals surface area contributed by atoms with Gasteiger partial charge in [0.1, 0.15) is 0 Å². The molecule has 0 aliphatic carbocycles. The van der Waals surface area contributed by atoms with Crippen LogP contribution in [-0.4, -0.2) is 18.8 Å². The number of thioether (sulfide) groups is 1. The Hall–Kier alpha value is -0.940. The summed E-state index contributed by atoms with van der Waals surface area (Å²) < 4.78 is 37.6. The van der Waals surface area contributed by atoms with E-state index in [1.54, 1.807) is 6.07 Å². The van der Waals surface area contributed by atoms with Gasteiger partial charge in [-0.15, -0.1) is 11.8 Å². The van der Waals surface area contributed by atoms with Crippen molar-refractivity contribution in [1.29, 1.82) is 0 Å². The number of rotatable bonds is 7. The Morgan fingerprint density at radius 1 is 1.37 bits per heavy atom. The molecule has 0 aliphatic rings. The van der Waals surface area contributed by atoms with Crippen LogP contribution in [0.15, 0.2) is 41.3 Å². The molecule has 106 valence electrons. The van der Waals surface area contributed by atoms with Crippen molar-refractivity contribution in [2.75, 3.05) is 18.8 Å². The third-order valence-electron chi connectivity index (χ3n) is 2.41. The predicted molar refractivity (Wildman–Crippen MR) is 74.5 cm³/mol. The first-order chi connectivity index (χ1) is 8.93. The van der Waals surface area contributed by atoms with E-state index in [0.717, 1.165) is 24.6 Å². The molecule has 1 aromatic carbocycles. The topological polar surface area (TPSA) is 12.0 Å². The highest BCUT2D eigenvalue weighted by Gasteiger charge is 2.30. The van der Waals surface area contributed by atoms with Gasteiger partial charge in [0.25, 0.3) is 0 Å². The van der Waals surface area contributed by atoms with E-state index in [4.69, 9.17) is 0 Å². The van der Waals surface area contributed by atoms with Crippen LogP contribution in [0.4, 0.5) is 13.2 Å². The third-order valence-corrected chi connectivity index (χ3v) is 3.55. The molecule has 1 nitrogen and oxygen atoms in total. The van der Waals surface area contributed by atoms with Gasteiger partial charge in [-0.3, -0.25) is 0 Å². The maximum absolute atomic E-state index is 12.5. The molecule has 19 heavy (non-hydrogen) atoms. The van der Waals surface area contributed by atoms with Crippen LogP contribution in [0.1, 0.15) is 18.9 Å². The minimum absolute atomic E-state index is 0.604. The molecule has 0 saturated heterocycles.